The summed E-state index contributed by atoms with van der Waals surface area (Å²) in [4.78, 5) is 12.6. The summed E-state index contributed by atoms with van der Waals surface area (Å²) in [6.45, 7) is 0.206. The van der Waals surface area contributed by atoms with Gasteiger partial charge in [0, 0.05) is 19.6 Å². The summed E-state index contributed by atoms with van der Waals surface area (Å²) in [6, 6.07) is 12.9. The summed E-state index contributed by atoms with van der Waals surface area (Å²) < 4.78 is 7.18. The minimum absolute atomic E-state index is 0.206. The molecule has 0 aliphatic carbocycles. The highest BCUT2D eigenvalue weighted by Crippen LogP contribution is 2.37. The van der Waals surface area contributed by atoms with E-state index in [-0.39, 0.29) is 6.61 Å². The number of benzene rings is 2. The van der Waals surface area contributed by atoms with Crippen molar-refractivity contribution in [3.8, 4) is 0 Å². The first-order valence-electron chi connectivity index (χ1n) is 6.34. The molecule has 0 amide bonds. The molecule has 3 rings (SSSR count). The summed E-state index contributed by atoms with van der Waals surface area (Å²) in [7, 11) is 0. The van der Waals surface area contributed by atoms with Crippen LogP contribution in [0.3, 0.4) is 0 Å². The smallest absolute Gasteiger partial charge is 0.350 e. The number of rotatable bonds is 3. The average Bonchev–Trinajstić information content (AvgIpc) is 2.83. The molecule has 1 aromatic heterocycles. The first-order valence-corrected chi connectivity index (χ1v) is 8.70. The summed E-state index contributed by atoms with van der Waals surface area (Å²) in [5.74, 6) is -0.426. The van der Waals surface area contributed by atoms with E-state index in [0.717, 1.165) is 20.1 Å². The number of hydrogen-bond acceptors (Lipinski definition) is 3. The van der Waals surface area contributed by atoms with Crippen molar-refractivity contribution in [1.29, 1.82) is 0 Å². The Hall–Kier alpha value is -1.07. The van der Waals surface area contributed by atoms with E-state index < -0.39 is 5.97 Å². The minimum Gasteiger partial charge on any atom is -0.457 e. The van der Waals surface area contributed by atoms with Crippen LogP contribution in [0.5, 0.6) is 0 Å². The number of hydrogen-bond donors (Lipinski definition) is 0. The summed E-state index contributed by atoms with van der Waals surface area (Å²) >= 11 is 16.9. The van der Waals surface area contributed by atoms with Gasteiger partial charge in [-0.2, -0.15) is 0 Å². The Morgan fingerprint density at radius 2 is 1.86 bits per heavy atom. The number of halogens is 3. The lowest BCUT2D eigenvalue weighted by molar-refractivity contribution is 0.0479. The first kappa shape index (κ1) is 15.8. The van der Waals surface area contributed by atoms with Gasteiger partial charge in [-0.3, -0.25) is 0 Å². The van der Waals surface area contributed by atoms with E-state index in [1.54, 1.807) is 12.1 Å². The standard InChI is InChI=1S/C16H9BrCl2O2S/c17-10-3-1-9(2-4-10)8-21-16(20)15-14(19)12-6-5-11(18)7-13(12)22-15/h1-7H,8H2. The molecule has 0 unspecified atom stereocenters. The molecule has 3 aromatic rings. The average molecular weight is 416 g/mol. The quantitative estimate of drug-likeness (QED) is 0.467. The lowest BCUT2D eigenvalue weighted by Gasteiger charge is -2.04. The van der Waals surface area contributed by atoms with Crippen LogP contribution in [0.15, 0.2) is 46.9 Å². The molecule has 1 heterocycles. The normalized spacial score (nSPS) is 10.9. The van der Waals surface area contributed by atoms with Gasteiger partial charge in [-0.15, -0.1) is 11.3 Å². The van der Waals surface area contributed by atoms with Crippen molar-refractivity contribution in [2.45, 2.75) is 6.61 Å². The van der Waals surface area contributed by atoms with Gasteiger partial charge in [0.1, 0.15) is 11.5 Å². The van der Waals surface area contributed by atoms with Gasteiger partial charge in [0.15, 0.2) is 0 Å². The highest BCUT2D eigenvalue weighted by molar-refractivity contribution is 9.10. The predicted molar refractivity (Wildman–Crippen MR) is 95.1 cm³/mol. The fourth-order valence-electron chi connectivity index (χ4n) is 1.97. The number of fused-ring (bicyclic) bond motifs is 1. The Balaban J connectivity index is 1.80. The first-order chi connectivity index (χ1) is 10.5. The minimum atomic E-state index is -0.426. The van der Waals surface area contributed by atoms with Crippen LogP contribution < -0.4 is 0 Å². The van der Waals surface area contributed by atoms with Gasteiger partial charge < -0.3 is 4.74 Å². The second kappa shape index (κ2) is 6.59. The van der Waals surface area contributed by atoms with Gasteiger partial charge in [0.05, 0.1) is 5.02 Å². The van der Waals surface area contributed by atoms with Crippen LogP contribution in [0.2, 0.25) is 10.0 Å². The third-order valence-corrected chi connectivity index (χ3v) is 5.46. The molecule has 0 aliphatic rings. The van der Waals surface area contributed by atoms with Crippen molar-refractivity contribution in [3.05, 3.63) is 67.4 Å². The fourth-order valence-corrected chi connectivity index (χ4v) is 3.91. The predicted octanol–water partition coefficient (Wildman–Crippen LogP) is 6.33. The number of carbonyl (C=O) groups is 1. The molecule has 112 valence electrons. The zero-order valence-electron chi connectivity index (χ0n) is 11.1. The van der Waals surface area contributed by atoms with Gasteiger partial charge in [0.2, 0.25) is 0 Å². The van der Waals surface area contributed by atoms with Crippen molar-refractivity contribution in [1.82, 2.24) is 0 Å². The van der Waals surface area contributed by atoms with E-state index in [4.69, 9.17) is 27.9 Å². The lowest BCUT2D eigenvalue weighted by atomic mass is 10.2. The van der Waals surface area contributed by atoms with Gasteiger partial charge in [-0.25, -0.2) is 4.79 Å². The molecule has 0 saturated carbocycles. The molecule has 0 radical (unpaired) electrons. The maximum Gasteiger partial charge on any atom is 0.350 e. The monoisotopic (exact) mass is 414 g/mol. The Morgan fingerprint density at radius 1 is 1.14 bits per heavy atom. The molecule has 0 atom stereocenters. The SMILES string of the molecule is O=C(OCc1ccc(Br)cc1)c1sc2cc(Cl)ccc2c1Cl. The van der Waals surface area contributed by atoms with Gasteiger partial charge >= 0.3 is 5.97 Å². The molecule has 22 heavy (non-hydrogen) atoms. The summed E-state index contributed by atoms with van der Waals surface area (Å²) in [6.07, 6.45) is 0. The molecule has 0 bridgehead atoms. The van der Waals surface area contributed by atoms with Crippen LogP contribution in [-0.2, 0) is 11.3 Å². The molecule has 0 saturated heterocycles. The van der Waals surface area contributed by atoms with Crippen molar-refractivity contribution >= 4 is 66.5 Å². The molecular formula is C16H9BrCl2O2S. The molecule has 6 heteroatoms. The number of thiophene rings is 1. The fraction of sp³-hybridized carbons (Fsp3) is 0.0625. The van der Waals surface area contributed by atoms with Crippen LogP contribution in [0.25, 0.3) is 10.1 Å². The number of carbonyl (C=O) groups excluding carboxylic acids is 1. The summed E-state index contributed by atoms with van der Waals surface area (Å²) in [5, 5.41) is 1.84. The molecule has 2 aromatic carbocycles. The van der Waals surface area contributed by atoms with E-state index >= 15 is 0 Å². The molecule has 0 fully saturated rings. The Morgan fingerprint density at radius 3 is 2.59 bits per heavy atom. The van der Waals surface area contributed by atoms with Gasteiger partial charge in [0.25, 0.3) is 0 Å². The highest BCUT2D eigenvalue weighted by Gasteiger charge is 2.18. The van der Waals surface area contributed by atoms with E-state index in [1.807, 2.05) is 30.3 Å². The Kier molecular flexibility index (Phi) is 4.73. The molecule has 2 nitrogen and oxygen atoms in total. The molecular weight excluding hydrogens is 407 g/mol. The van der Waals surface area contributed by atoms with Gasteiger partial charge in [-0.05, 0) is 29.8 Å². The highest BCUT2D eigenvalue weighted by atomic mass is 79.9. The summed E-state index contributed by atoms with van der Waals surface area (Å²) in [5.41, 5.74) is 0.914. The van der Waals surface area contributed by atoms with E-state index in [9.17, 15) is 4.79 Å². The number of esters is 1. The van der Waals surface area contributed by atoms with Crippen LogP contribution >= 0.6 is 50.5 Å². The van der Waals surface area contributed by atoms with Crippen LogP contribution in [0.1, 0.15) is 15.2 Å². The van der Waals surface area contributed by atoms with Crippen molar-refractivity contribution < 1.29 is 9.53 Å². The molecule has 0 N–H and O–H groups in total. The third kappa shape index (κ3) is 3.30. The van der Waals surface area contributed by atoms with Crippen molar-refractivity contribution in [2.75, 3.05) is 0 Å². The van der Waals surface area contributed by atoms with Crippen molar-refractivity contribution in [3.63, 3.8) is 0 Å². The Labute approximate surface area is 149 Å². The second-order valence-electron chi connectivity index (χ2n) is 4.59. The molecule has 0 aliphatic heterocycles. The van der Waals surface area contributed by atoms with Crippen LogP contribution in [0.4, 0.5) is 0 Å². The van der Waals surface area contributed by atoms with Crippen LogP contribution in [0, 0.1) is 0 Å². The third-order valence-electron chi connectivity index (χ3n) is 3.06. The van der Waals surface area contributed by atoms with Crippen molar-refractivity contribution in [2.24, 2.45) is 0 Å². The zero-order valence-corrected chi connectivity index (χ0v) is 15.0. The topological polar surface area (TPSA) is 26.3 Å². The van der Waals surface area contributed by atoms with E-state index in [2.05, 4.69) is 15.9 Å². The maximum absolute atomic E-state index is 12.2. The van der Waals surface area contributed by atoms with E-state index in [0.29, 0.717) is 14.9 Å². The molecule has 0 spiro atoms. The zero-order chi connectivity index (χ0) is 15.7. The van der Waals surface area contributed by atoms with E-state index in [1.165, 1.54) is 11.3 Å². The maximum atomic E-state index is 12.2. The number of ether oxygens (including phenoxy) is 1. The largest absolute Gasteiger partial charge is 0.457 e. The van der Waals surface area contributed by atoms with Gasteiger partial charge in [-0.1, -0.05) is 57.3 Å². The Bertz CT molecular complexity index is 843. The lowest BCUT2D eigenvalue weighted by Crippen LogP contribution is -2.03. The van der Waals surface area contributed by atoms with Crippen LogP contribution in [-0.4, -0.2) is 5.97 Å². The second-order valence-corrected chi connectivity index (χ2v) is 7.37.